The average molecular weight is 245 g/mol. The minimum atomic E-state index is -0.855. The van der Waals surface area contributed by atoms with Gasteiger partial charge in [-0.3, -0.25) is 9.97 Å². The molecule has 0 aromatic carbocycles. The molecule has 0 bridgehead atoms. The number of ether oxygens (including phenoxy) is 1. The molecule has 0 aliphatic carbocycles. The van der Waals surface area contributed by atoms with Gasteiger partial charge in [-0.05, 0) is 23.6 Å². The number of hydrogen-bond donors (Lipinski definition) is 1. The zero-order chi connectivity index (χ0) is 13.0. The fourth-order valence-corrected chi connectivity index (χ4v) is 1.83. The Bertz CT molecular complexity index is 484. The van der Waals surface area contributed by atoms with Crippen molar-refractivity contribution >= 4 is 0 Å². The molecule has 0 fully saturated rings. The van der Waals surface area contributed by atoms with Gasteiger partial charge in [-0.15, -0.1) is 0 Å². The number of hydrogen-bond acceptors (Lipinski definition) is 5. The van der Waals surface area contributed by atoms with Crippen molar-refractivity contribution in [2.24, 2.45) is 0 Å². The van der Waals surface area contributed by atoms with Gasteiger partial charge in [-0.2, -0.15) is 0 Å². The first-order valence-electron chi connectivity index (χ1n) is 5.73. The lowest BCUT2D eigenvalue weighted by Crippen LogP contribution is -2.08. The van der Waals surface area contributed by atoms with Crippen molar-refractivity contribution < 1.29 is 9.84 Å². The van der Waals surface area contributed by atoms with E-state index >= 15 is 0 Å². The summed E-state index contributed by atoms with van der Waals surface area (Å²) >= 11 is 0. The standard InChI is InChI=1S/C13H15N3O2/c1-3-9-8-14-5-4-10(9)12(17)11-13(18-2)16-7-6-15-11/h4-8,12,17H,3H2,1-2H3. The quantitative estimate of drug-likeness (QED) is 0.884. The van der Waals surface area contributed by atoms with Crippen LogP contribution in [0, 0.1) is 0 Å². The van der Waals surface area contributed by atoms with Gasteiger partial charge >= 0.3 is 0 Å². The second kappa shape index (κ2) is 5.55. The molecule has 0 radical (unpaired) electrons. The molecule has 0 saturated carbocycles. The first-order valence-corrected chi connectivity index (χ1v) is 5.73. The molecular weight excluding hydrogens is 230 g/mol. The highest BCUT2D eigenvalue weighted by Gasteiger charge is 2.19. The highest BCUT2D eigenvalue weighted by atomic mass is 16.5. The van der Waals surface area contributed by atoms with Gasteiger partial charge in [0.15, 0.2) is 0 Å². The van der Waals surface area contributed by atoms with Crippen LogP contribution in [-0.2, 0) is 6.42 Å². The average Bonchev–Trinajstić information content (AvgIpc) is 2.46. The molecule has 2 heterocycles. The van der Waals surface area contributed by atoms with Gasteiger partial charge in [0.2, 0.25) is 5.88 Å². The van der Waals surface area contributed by atoms with E-state index in [1.807, 2.05) is 6.92 Å². The van der Waals surface area contributed by atoms with E-state index in [-0.39, 0.29) is 0 Å². The first kappa shape index (κ1) is 12.4. The van der Waals surface area contributed by atoms with Gasteiger partial charge in [0.05, 0.1) is 7.11 Å². The summed E-state index contributed by atoms with van der Waals surface area (Å²) < 4.78 is 5.11. The van der Waals surface area contributed by atoms with Gasteiger partial charge < -0.3 is 9.84 Å². The normalized spacial score (nSPS) is 12.2. The maximum absolute atomic E-state index is 10.4. The van der Waals surface area contributed by atoms with Crippen molar-refractivity contribution in [3.63, 3.8) is 0 Å². The Kier molecular flexibility index (Phi) is 3.84. The fraction of sp³-hybridized carbons (Fsp3) is 0.308. The number of nitrogens with zero attached hydrogens (tertiary/aromatic N) is 3. The number of methoxy groups -OCH3 is 1. The third kappa shape index (κ3) is 2.31. The summed E-state index contributed by atoms with van der Waals surface area (Å²) in [7, 11) is 1.51. The monoisotopic (exact) mass is 245 g/mol. The Morgan fingerprint density at radius 1 is 1.28 bits per heavy atom. The number of pyridine rings is 1. The number of aliphatic hydroxyl groups is 1. The molecule has 0 spiro atoms. The van der Waals surface area contributed by atoms with E-state index in [1.54, 1.807) is 18.5 Å². The Morgan fingerprint density at radius 2 is 2.06 bits per heavy atom. The van der Waals surface area contributed by atoms with Gasteiger partial charge in [0, 0.05) is 24.8 Å². The number of aryl methyl sites for hydroxylation is 1. The minimum absolute atomic E-state index is 0.337. The largest absolute Gasteiger partial charge is 0.480 e. The Morgan fingerprint density at radius 3 is 2.78 bits per heavy atom. The van der Waals surface area contributed by atoms with Crippen molar-refractivity contribution in [1.82, 2.24) is 15.0 Å². The highest BCUT2D eigenvalue weighted by molar-refractivity contribution is 5.34. The molecule has 94 valence electrons. The summed E-state index contributed by atoms with van der Waals surface area (Å²) in [5.41, 5.74) is 2.19. The number of aromatic nitrogens is 3. The van der Waals surface area contributed by atoms with Crippen LogP contribution in [0.1, 0.15) is 29.8 Å². The molecule has 1 atom stereocenters. The predicted octanol–water partition coefficient (Wildman–Crippen LogP) is 1.52. The van der Waals surface area contributed by atoms with Gasteiger partial charge in [0.1, 0.15) is 11.8 Å². The first-order chi connectivity index (χ1) is 8.77. The van der Waals surface area contributed by atoms with E-state index in [2.05, 4.69) is 15.0 Å². The smallest absolute Gasteiger partial charge is 0.238 e. The van der Waals surface area contributed by atoms with Crippen LogP contribution < -0.4 is 4.74 Å². The lowest BCUT2D eigenvalue weighted by Gasteiger charge is -2.15. The molecule has 2 aromatic heterocycles. The molecule has 5 nitrogen and oxygen atoms in total. The SMILES string of the molecule is CCc1cnccc1C(O)c1nccnc1OC. The van der Waals surface area contributed by atoms with Crippen LogP contribution in [0.25, 0.3) is 0 Å². The summed E-state index contributed by atoms with van der Waals surface area (Å²) in [6.45, 7) is 2.02. The van der Waals surface area contributed by atoms with Crippen LogP contribution in [-0.4, -0.2) is 27.2 Å². The van der Waals surface area contributed by atoms with Crippen LogP contribution >= 0.6 is 0 Å². The third-order valence-corrected chi connectivity index (χ3v) is 2.76. The Hall–Kier alpha value is -2.01. The van der Waals surface area contributed by atoms with Gasteiger partial charge in [-0.1, -0.05) is 6.92 Å². The van der Waals surface area contributed by atoms with E-state index in [9.17, 15) is 5.11 Å². The third-order valence-electron chi connectivity index (χ3n) is 2.76. The van der Waals surface area contributed by atoms with Crippen LogP contribution in [0.4, 0.5) is 0 Å². The van der Waals surface area contributed by atoms with Crippen LogP contribution in [0.2, 0.25) is 0 Å². The van der Waals surface area contributed by atoms with Crippen molar-refractivity contribution in [3.8, 4) is 5.88 Å². The second-order valence-electron chi connectivity index (χ2n) is 3.78. The molecular formula is C13H15N3O2. The summed E-state index contributed by atoms with van der Waals surface area (Å²) in [6, 6.07) is 1.79. The lowest BCUT2D eigenvalue weighted by atomic mass is 10.0. The van der Waals surface area contributed by atoms with Gasteiger partial charge in [0.25, 0.3) is 0 Å². The van der Waals surface area contributed by atoms with E-state index in [1.165, 1.54) is 19.5 Å². The van der Waals surface area contributed by atoms with Crippen molar-refractivity contribution in [1.29, 1.82) is 0 Å². The Balaban J connectivity index is 2.44. The maximum Gasteiger partial charge on any atom is 0.238 e. The molecule has 0 aliphatic heterocycles. The molecule has 1 unspecified atom stereocenters. The molecule has 2 rings (SSSR count). The van der Waals surface area contributed by atoms with Crippen LogP contribution in [0.5, 0.6) is 5.88 Å². The highest BCUT2D eigenvalue weighted by Crippen LogP contribution is 2.27. The lowest BCUT2D eigenvalue weighted by molar-refractivity contribution is 0.206. The Labute approximate surface area is 106 Å². The molecule has 5 heteroatoms. The van der Waals surface area contributed by atoms with Crippen LogP contribution in [0.15, 0.2) is 30.9 Å². The molecule has 0 amide bonds. The summed E-state index contributed by atoms with van der Waals surface area (Å²) in [5.74, 6) is 0.337. The molecule has 0 aliphatic rings. The van der Waals surface area contributed by atoms with E-state index in [0.29, 0.717) is 11.6 Å². The molecule has 1 N–H and O–H groups in total. The summed E-state index contributed by atoms with van der Waals surface area (Å²) in [4.78, 5) is 12.2. The number of aliphatic hydroxyl groups excluding tert-OH is 1. The van der Waals surface area contributed by atoms with E-state index in [4.69, 9.17) is 4.74 Å². The summed E-state index contributed by atoms with van der Waals surface area (Å²) in [5, 5.41) is 10.4. The molecule has 2 aromatic rings. The molecule has 0 saturated heterocycles. The van der Waals surface area contributed by atoms with E-state index < -0.39 is 6.10 Å². The van der Waals surface area contributed by atoms with Crippen LogP contribution in [0.3, 0.4) is 0 Å². The van der Waals surface area contributed by atoms with Crippen molar-refractivity contribution in [2.75, 3.05) is 7.11 Å². The fourth-order valence-electron chi connectivity index (χ4n) is 1.83. The zero-order valence-corrected chi connectivity index (χ0v) is 10.4. The molecule has 18 heavy (non-hydrogen) atoms. The van der Waals surface area contributed by atoms with E-state index in [0.717, 1.165) is 17.5 Å². The zero-order valence-electron chi connectivity index (χ0n) is 10.4. The maximum atomic E-state index is 10.4. The number of rotatable bonds is 4. The predicted molar refractivity (Wildman–Crippen MR) is 66.3 cm³/mol. The topological polar surface area (TPSA) is 68.1 Å². The minimum Gasteiger partial charge on any atom is -0.480 e. The van der Waals surface area contributed by atoms with Gasteiger partial charge in [-0.25, -0.2) is 4.98 Å². The second-order valence-corrected chi connectivity index (χ2v) is 3.78. The van der Waals surface area contributed by atoms with Crippen molar-refractivity contribution in [2.45, 2.75) is 19.4 Å². The summed E-state index contributed by atoms with van der Waals surface area (Å²) in [6.07, 6.45) is 6.41. The van der Waals surface area contributed by atoms with Crippen molar-refractivity contribution in [3.05, 3.63) is 47.7 Å².